The van der Waals surface area contributed by atoms with Crippen LogP contribution in [0.5, 0.6) is 5.75 Å². The number of rotatable bonds is 12. The molecule has 0 aliphatic heterocycles. The standard InChI is InChI=1S/C27H27ClF2N4O3/c28-18-4-9-24(37-16-26(36)34-20-5-6-20)17(13-18)15-33-25(35)14-21-22(29)7-8-23(27(21)30)32-12-10-19-3-1-2-11-31-19/h1-4,7-9,11,13,20,32H,5-6,10,12,14-16H2,(H,33,35)(H,34,36). The maximum atomic E-state index is 15.0. The smallest absolute Gasteiger partial charge is 0.258 e. The van der Waals surface area contributed by atoms with Crippen LogP contribution in [-0.2, 0) is 29.0 Å². The maximum Gasteiger partial charge on any atom is 0.258 e. The molecule has 3 N–H and O–H groups in total. The molecule has 1 saturated carbocycles. The van der Waals surface area contributed by atoms with Crippen molar-refractivity contribution in [2.75, 3.05) is 18.5 Å². The van der Waals surface area contributed by atoms with Crippen LogP contribution >= 0.6 is 11.6 Å². The Morgan fingerprint density at radius 1 is 1.08 bits per heavy atom. The Morgan fingerprint density at radius 3 is 2.68 bits per heavy atom. The average Bonchev–Trinajstić information content (AvgIpc) is 3.70. The lowest BCUT2D eigenvalue weighted by atomic mass is 10.1. The molecule has 37 heavy (non-hydrogen) atoms. The minimum atomic E-state index is -0.815. The van der Waals surface area contributed by atoms with Gasteiger partial charge in [0.2, 0.25) is 5.91 Å². The summed E-state index contributed by atoms with van der Waals surface area (Å²) >= 11 is 6.08. The van der Waals surface area contributed by atoms with Gasteiger partial charge in [0, 0.05) is 53.6 Å². The van der Waals surface area contributed by atoms with Crippen molar-refractivity contribution in [2.24, 2.45) is 0 Å². The summed E-state index contributed by atoms with van der Waals surface area (Å²) in [6, 6.07) is 13.0. The third-order valence-electron chi connectivity index (χ3n) is 5.75. The number of hydrogen-bond donors (Lipinski definition) is 3. The summed E-state index contributed by atoms with van der Waals surface area (Å²) in [4.78, 5) is 28.7. The Kier molecular flexibility index (Phi) is 8.90. The van der Waals surface area contributed by atoms with Crippen molar-refractivity contribution in [3.8, 4) is 5.75 Å². The molecule has 10 heteroatoms. The van der Waals surface area contributed by atoms with Gasteiger partial charge in [-0.1, -0.05) is 17.7 Å². The van der Waals surface area contributed by atoms with Crippen molar-refractivity contribution < 1.29 is 23.1 Å². The first-order valence-electron chi connectivity index (χ1n) is 12.0. The van der Waals surface area contributed by atoms with Crippen LogP contribution in [0.2, 0.25) is 5.02 Å². The molecule has 1 aliphatic carbocycles. The second kappa shape index (κ2) is 12.5. The predicted octanol–water partition coefficient (Wildman–Crippen LogP) is 4.18. The van der Waals surface area contributed by atoms with E-state index in [1.165, 1.54) is 6.07 Å². The molecule has 3 aromatic rings. The normalized spacial score (nSPS) is 12.6. The van der Waals surface area contributed by atoms with Gasteiger partial charge < -0.3 is 20.7 Å². The first-order chi connectivity index (χ1) is 17.9. The molecule has 4 rings (SSSR count). The summed E-state index contributed by atoms with van der Waals surface area (Å²) in [6.07, 6.45) is 3.67. The van der Waals surface area contributed by atoms with Crippen molar-refractivity contribution in [1.29, 1.82) is 0 Å². The Balaban J connectivity index is 1.33. The summed E-state index contributed by atoms with van der Waals surface area (Å²) < 4.78 is 35.0. The number of benzene rings is 2. The van der Waals surface area contributed by atoms with Gasteiger partial charge in [0.05, 0.1) is 12.1 Å². The highest BCUT2D eigenvalue weighted by Crippen LogP contribution is 2.24. The fraction of sp³-hybridized carbons (Fsp3) is 0.296. The molecule has 1 fully saturated rings. The number of aromatic nitrogens is 1. The van der Waals surface area contributed by atoms with Gasteiger partial charge >= 0.3 is 0 Å². The molecule has 1 heterocycles. The summed E-state index contributed by atoms with van der Waals surface area (Å²) in [7, 11) is 0. The van der Waals surface area contributed by atoms with Gasteiger partial charge in [0.25, 0.3) is 5.91 Å². The molecule has 7 nitrogen and oxygen atoms in total. The van der Waals surface area contributed by atoms with E-state index >= 15 is 0 Å². The molecule has 1 aliphatic rings. The summed E-state index contributed by atoms with van der Waals surface area (Å²) in [6.45, 7) is 0.223. The number of amides is 2. The highest BCUT2D eigenvalue weighted by atomic mass is 35.5. The van der Waals surface area contributed by atoms with Crippen LogP contribution in [0.4, 0.5) is 14.5 Å². The van der Waals surface area contributed by atoms with Gasteiger partial charge in [-0.05, 0) is 55.3 Å². The van der Waals surface area contributed by atoms with Crippen LogP contribution in [0.15, 0.2) is 54.7 Å². The molecular formula is C27H27ClF2N4O3. The minimum absolute atomic E-state index is 0.00419. The van der Waals surface area contributed by atoms with Crippen LogP contribution in [0.1, 0.15) is 29.7 Å². The van der Waals surface area contributed by atoms with Gasteiger partial charge in [0.15, 0.2) is 12.4 Å². The monoisotopic (exact) mass is 528 g/mol. The van der Waals surface area contributed by atoms with Gasteiger partial charge in [-0.25, -0.2) is 8.78 Å². The predicted molar refractivity (Wildman–Crippen MR) is 136 cm³/mol. The molecule has 0 bridgehead atoms. The van der Waals surface area contributed by atoms with E-state index in [1.54, 1.807) is 24.4 Å². The van der Waals surface area contributed by atoms with Crippen LogP contribution in [-0.4, -0.2) is 36.0 Å². The zero-order valence-corrected chi connectivity index (χ0v) is 20.8. The van der Waals surface area contributed by atoms with Gasteiger partial charge in [-0.15, -0.1) is 0 Å². The number of carbonyl (C=O) groups is 2. The van der Waals surface area contributed by atoms with E-state index in [1.807, 2.05) is 18.2 Å². The molecule has 0 saturated heterocycles. The molecule has 194 valence electrons. The number of nitrogens with zero attached hydrogens (tertiary/aromatic N) is 1. The molecule has 0 unspecified atom stereocenters. The topological polar surface area (TPSA) is 92.3 Å². The number of ether oxygens (including phenoxy) is 1. The molecule has 0 atom stereocenters. The maximum absolute atomic E-state index is 15.0. The first kappa shape index (κ1) is 26.3. The number of anilines is 1. The third kappa shape index (κ3) is 7.88. The second-order valence-corrected chi connectivity index (χ2v) is 9.16. The molecule has 2 amide bonds. The average molecular weight is 529 g/mol. The largest absolute Gasteiger partial charge is 0.483 e. The molecule has 0 radical (unpaired) electrons. The lowest BCUT2D eigenvalue weighted by molar-refractivity contribution is -0.123. The number of nitrogens with one attached hydrogen (secondary N) is 3. The molecule has 1 aromatic heterocycles. The third-order valence-corrected chi connectivity index (χ3v) is 5.98. The van der Waals surface area contributed by atoms with Crippen molar-refractivity contribution in [1.82, 2.24) is 15.6 Å². The van der Waals surface area contributed by atoms with E-state index in [9.17, 15) is 18.4 Å². The Bertz CT molecular complexity index is 1260. The summed E-state index contributed by atoms with van der Waals surface area (Å²) in [5.74, 6) is -2.05. The van der Waals surface area contributed by atoms with Crippen LogP contribution in [0.25, 0.3) is 0 Å². The van der Waals surface area contributed by atoms with E-state index in [2.05, 4.69) is 20.9 Å². The van der Waals surface area contributed by atoms with Crippen molar-refractivity contribution in [3.63, 3.8) is 0 Å². The van der Waals surface area contributed by atoms with Crippen LogP contribution in [0.3, 0.4) is 0 Å². The Morgan fingerprint density at radius 2 is 1.92 bits per heavy atom. The molecular weight excluding hydrogens is 502 g/mol. The number of carbonyl (C=O) groups excluding carboxylic acids is 2. The van der Waals surface area contributed by atoms with E-state index in [-0.39, 0.29) is 36.4 Å². The zero-order valence-electron chi connectivity index (χ0n) is 20.0. The van der Waals surface area contributed by atoms with E-state index < -0.39 is 24.0 Å². The molecule has 2 aromatic carbocycles. The van der Waals surface area contributed by atoms with E-state index in [0.717, 1.165) is 24.6 Å². The number of hydrogen-bond acceptors (Lipinski definition) is 5. The highest BCUT2D eigenvalue weighted by molar-refractivity contribution is 6.30. The first-order valence-corrected chi connectivity index (χ1v) is 12.3. The van der Waals surface area contributed by atoms with Crippen LogP contribution < -0.4 is 20.7 Å². The minimum Gasteiger partial charge on any atom is -0.483 e. The van der Waals surface area contributed by atoms with Crippen molar-refractivity contribution in [2.45, 2.75) is 38.3 Å². The summed E-state index contributed by atoms with van der Waals surface area (Å²) in [5, 5.41) is 8.83. The van der Waals surface area contributed by atoms with E-state index in [4.69, 9.17) is 16.3 Å². The second-order valence-electron chi connectivity index (χ2n) is 8.72. The van der Waals surface area contributed by atoms with Crippen molar-refractivity contribution in [3.05, 3.63) is 88.2 Å². The Labute approximate surface area is 218 Å². The molecule has 0 spiro atoms. The Hall–Kier alpha value is -3.72. The van der Waals surface area contributed by atoms with Gasteiger partial charge in [-0.2, -0.15) is 0 Å². The SMILES string of the molecule is O=C(Cc1c(F)ccc(NCCc2ccccn2)c1F)NCc1cc(Cl)ccc1OCC(=O)NC1CC1. The van der Waals surface area contributed by atoms with Gasteiger partial charge in [0.1, 0.15) is 11.6 Å². The van der Waals surface area contributed by atoms with Gasteiger partial charge in [-0.3, -0.25) is 14.6 Å². The lowest BCUT2D eigenvalue weighted by Gasteiger charge is -2.14. The quantitative estimate of drug-likeness (QED) is 0.328. The van der Waals surface area contributed by atoms with E-state index in [0.29, 0.717) is 29.3 Å². The number of halogens is 3. The zero-order chi connectivity index (χ0) is 26.2. The number of pyridine rings is 1. The van der Waals surface area contributed by atoms with Crippen LogP contribution in [0, 0.1) is 11.6 Å². The highest BCUT2D eigenvalue weighted by Gasteiger charge is 2.23. The fourth-order valence-corrected chi connectivity index (χ4v) is 3.85. The summed E-state index contributed by atoms with van der Waals surface area (Å²) in [5.41, 5.74) is 1.14. The fourth-order valence-electron chi connectivity index (χ4n) is 3.65. The lowest BCUT2D eigenvalue weighted by Crippen LogP contribution is -2.31. The van der Waals surface area contributed by atoms with Crippen molar-refractivity contribution >= 4 is 29.1 Å².